The van der Waals surface area contributed by atoms with Crippen molar-refractivity contribution in [1.29, 1.82) is 0 Å². The van der Waals surface area contributed by atoms with Crippen molar-refractivity contribution in [1.82, 2.24) is 9.80 Å². The maximum atomic E-state index is 12.5. The van der Waals surface area contributed by atoms with E-state index in [2.05, 4.69) is 4.74 Å². The van der Waals surface area contributed by atoms with Gasteiger partial charge in [0.2, 0.25) is 11.8 Å². The van der Waals surface area contributed by atoms with Crippen LogP contribution in [0, 0.1) is 0 Å². The van der Waals surface area contributed by atoms with Gasteiger partial charge in [0.1, 0.15) is 0 Å². The van der Waals surface area contributed by atoms with Gasteiger partial charge in [-0.2, -0.15) is 0 Å². The van der Waals surface area contributed by atoms with E-state index in [4.69, 9.17) is 11.6 Å². The lowest BCUT2D eigenvalue weighted by molar-refractivity contribution is -0.143. The first-order valence-electron chi connectivity index (χ1n) is 8.36. The minimum Gasteiger partial charge on any atom is -0.469 e. The number of carbonyl (C=O) groups excluding carboxylic acids is 3. The number of methoxy groups -OCH3 is 1. The molecule has 1 aromatic carbocycles. The van der Waals surface area contributed by atoms with Crippen LogP contribution >= 0.6 is 11.6 Å². The number of hydrogen-bond acceptors (Lipinski definition) is 4. The number of benzene rings is 1. The fourth-order valence-corrected chi connectivity index (χ4v) is 3.03. The first-order chi connectivity index (χ1) is 12.0. The van der Waals surface area contributed by atoms with Crippen molar-refractivity contribution in [2.45, 2.75) is 25.7 Å². The summed E-state index contributed by atoms with van der Waals surface area (Å²) in [7, 11) is 1.31. The topological polar surface area (TPSA) is 66.9 Å². The molecule has 2 rings (SSSR count). The summed E-state index contributed by atoms with van der Waals surface area (Å²) in [6.07, 6.45) is 1.26. The number of hydrogen-bond donors (Lipinski definition) is 0. The van der Waals surface area contributed by atoms with Gasteiger partial charge < -0.3 is 14.5 Å². The molecule has 136 valence electrons. The third kappa shape index (κ3) is 6.05. The van der Waals surface area contributed by atoms with E-state index in [1.165, 1.54) is 7.11 Å². The highest BCUT2D eigenvalue weighted by atomic mass is 35.5. The van der Waals surface area contributed by atoms with Crippen LogP contribution in [0.2, 0.25) is 5.02 Å². The summed E-state index contributed by atoms with van der Waals surface area (Å²) in [5.41, 5.74) is 0.882. The SMILES string of the molecule is COC(=O)CCC(=O)N1CCCN(C(=O)Cc2cccc(Cl)c2)CC1. The molecule has 0 radical (unpaired) electrons. The Balaban J connectivity index is 1.84. The summed E-state index contributed by atoms with van der Waals surface area (Å²) in [5.74, 6) is -0.429. The second kappa shape index (κ2) is 9.42. The van der Waals surface area contributed by atoms with E-state index in [9.17, 15) is 14.4 Å². The van der Waals surface area contributed by atoms with Crippen LogP contribution in [-0.2, 0) is 25.5 Å². The van der Waals surface area contributed by atoms with Gasteiger partial charge in [-0.25, -0.2) is 0 Å². The summed E-state index contributed by atoms with van der Waals surface area (Å²) in [6.45, 7) is 2.21. The van der Waals surface area contributed by atoms with Crippen molar-refractivity contribution in [3.63, 3.8) is 0 Å². The largest absolute Gasteiger partial charge is 0.469 e. The highest BCUT2D eigenvalue weighted by Crippen LogP contribution is 2.13. The number of rotatable bonds is 5. The Kier molecular flexibility index (Phi) is 7.25. The number of nitrogens with zero attached hydrogens (tertiary/aromatic N) is 2. The molecule has 1 saturated heterocycles. The molecular weight excluding hydrogens is 344 g/mol. The highest BCUT2D eigenvalue weighted by molar-refractivity contribution is 6.30. The molecule has 0 aromatic heterocycles. The quantitative estimate of drug-likeness (QED) is 0.746. The van der Waals surface area contributed by atoms with E-state index >= 15 is 0 Å². The Labute approximate surface area is 152 Å². The van der Waals surface area contributed by atoms with E-state index in [1.807, 2.05) is 12.1 Å². The predicted octanol–water partition coefficient (Wildman–Crippen LogP) is 1.90. The molecular formula is C18H23ClN2O4. The van der Waals surface area contributed by atoms with E-state index in [-0.39, 0.29) is 30.6 Å². The van der Waals surface area contributed by atoms with Crippen LogP contribution in [0.3, 0.4) is 0 Å². The Morgan fingerprint density at radius 1 is 1.04 bits per heavy atom. The average Bonchev–Trinajstić information content (AvgIpc) is 2.85. The Morgan fingerprint density at radius 2 is 1.72 bits per heavy atom. The molecule has 0 unspecified atom stereocenters. The van der Waals surface area contributed by atoms with Crippen molar-refractivity contribution in [3.05, 3.63) is 34.9 Å². The van der Waals surface area contributed by atoms with Crippen LogP contribution in [-0.4, -0.2) is 60.9 Å². The first-order valence-corrected chi connectivity index (χ1v) is 8.74. The van der Waals surface area contributed by atoms with Gasteiger partial charge in [0.05, 0.1) is 20.0 Å². The lowest BCUT2D eigenvalue weighted by Crippen LogP contribution is -2.38. The number of halogens is 1. The van der Waals surface area contributed by atoms with E-state index in [0.717, 1.165) is 12.0 Å². The normalized spacial score (nSPS) is 14.8. The van der Waals surface area contributed by atoms with Crippen molar-refractivity contribution >= 4 is 29.4 Å². The van der Waals surface area contributed by atoms with Gasteiger partial charge >= 0.3 is 5.97 Å². The molecule has 0 bridgehead atoms. The van der Waals surface area contributed by atoms with Crippen molar-refractivity contribution < 1.29 is 19.1 Å². The van der Waals surface area contributed by atoms with Gasteiger partial charge in [0.15, 0.2) is 0 Å². The van der Waals surface area contributed by atoms with Crippen molar-refractivity contribution in [2.75, 3.05) is 33.3 Å². The van der Waals surface area contributed by atoms with Gasteiger partial charge in [-0.05, 0) is 24.1 Å². The minimum atomic E-state index is -0.388. The van der Waals surface area contributed by atoms with E-state index in [1.54, 1.807) is 21.9 Å². The summed E-state index contributed by atoms with van der Waals surface area (Å²) >= 11 is 5.95. The molecule has 1 heterocycles. The molecule has 0 saturated carbocycles. The van der Waals surface area contributed by atoms with Gasteiger partial charge in [-0.1, -0.05) is 23.7 Å². The first kappa shape index (κ1) is 19.2. The summed E-state index contributed by atoms with van der Waals surface area (Å²) < 4.78 is 4.55. The van der Waals surface area contributed by atoms with Gasteiger partial charge in [-0.3, -0.25) is 14.4 Å². The van der Waals surface area contributed by atoms with Gasteiger partial charge in [-0.15, -0.1) is 0 Å². The number of amides is 2. The van der Waals surface area contributed by atoms with Crippen LogP contribution in [0.25, 0.3) is 0 Å². The maximum absolute atomic E-state index is 12.5. The average molecular weight is 367 g/mol. The zero-order valence-electron chi connectivity index (χ0n) is 14.4. The van der Waals surface area contributed by atoms with Gasteiger partial charge in [0, 0.05) is 37.6 Å². The van der Waals surface area contributed by atoms with Crippen LogP contribution < -0.4 is 0 Å². The molecule has 1 aliphatic rings. The molecule has 7 heteroatoms. The second-order valence-electron chi connectivity index (χ2n) is 6.00. The fraction of sp³-hybridized carbons (Fsp3) is 0.500. The number of ether oxygens (including phenoxy) is 1. The van der Waals surface area contributed by atoms with E-state index < -0.39 is 0 Å². The highest BCUT2D eigenvalue weighted by Gasteiger charge is 2.22. The smallest absolute Gasteiger partial charge is 0.306 e. The Bertz CT molecular complexity index is 635. The molecule has 0 spiro atoms. The Hall–Kier alpha value is -2.08. The van der Waals surface area contributed by atoms with E-state index in [0.29, 0.717) is 37.6 Å². The molecule has 6 nitrogen and oxygen atoms in total. The number of esters is 1. The van der Waals surface area contributed by atoms with Crippen LogP contribution in [0.5, 0.6) is 0 Å². The molecule has 1 fully saturated rings. The third-order valence-electron chi connectivity index (χ3n) is 4.22. The molecule has 2 amide bonds. The molecule has 1 aliphatic heterocycles. The molecule has 0 aliphatic carbocycles. The van der Waals surface area contributed by atoms with Crippen molar-refractivity contribution in [2.24, 2.45) is 0 Å². The lowest BCUT2D eigenvalue weighted by Gasteiger charge is -2.22. The molecule has 0 atom stereocenters. The predicted molar refractivity (Wildman–Crippen MR) is 94.2 cm³/mol. The summed E-state index contributed by atoms with van der Waals surface area (Å²) in [6, 6.07) is 7.28. The summed E-state index contributed by atoms with van der Waals surface area (Å²) in [5, 5.41) is 0.614. The number of carbonyl (C=O) groups is 3. The van der Waals surface area contributed by atoms with Crippen LogP contribution in [0.15, 0.2) is 24.3 Å². The van der Waals surface area contributed by atoms with Crippen LogP contribution in [0.1, 0.15) is 24.8 Å². The maximum Gasteiger partial charge on any atom is 0.306 e. The molecule has 25 heavy (non-hydrogen) atoms. The zero-order chi connectivity index (χ0) is 18.2. The standard InChI is InChI=1S/C18H23ClN2O4/c1-25-18(24)7-6-16(22)20-8-3-9-21(11-10-20)17(23)13-14-4-2-5-15(19)12-14/h2,4-5,12H,3,6-11,13H2,1H3. The fourth-order valence-electron chi connectivity index (χ4n) is 2.82. The zero-order valence-corrected chi connectivity index (χ0v) is 15.1. The third-order valence-corrected chi connectivity index (χ3v) is 4.45. The van der Waals surface area contributed by atoms with Crippen molar-refractivity contribution in [3.8, 4) is 0 Å². The van der Waals surface area contributed by atoms with Gasteiger partial charge in [0.25, 0.3) is 0 Å². The minimum absolute atomic E-state index is 0.0335. The van der Waals surface area contributed by atoms with Crippen LogP contribution in [0.4, 0.5) is 0 Å². The molecule has 0 N–H and O–H groups in total. The lowest BCUT2D eigenvalue weighted by atomic mass is 10.1. The molecule has 1 aromatic rings. The second-order valence-corrected chi connectivity index (χ2v) is 6.43. The Morgan fingerprint density at radius 3 is 2.36 bits per heavy atom. The summed E-state index contributed by atoms with van der Waals surface area (Å²) in [4.78, 5) is 39.3. The monoisotopic (exact) mass is 366 g/mol.